The lowest BCUT2D eigenvalue weighted by atomic mass is 10.1. The van der Waals surface area contributed by atoms with E-state index in [0.717, 1.165) is 11.1 Å². The van der Waals surface area contributed by atoms with Crippen molar-refractivity contribution in [2.75, 3.05) is 19.8 Å². The van der Waals surface area contributed by atoms with Crippen molar-refractivity contribution in [3.8, 4) is 0 Å². The third-order valence-corrected chi connectivity index (χ3v) is 3.30. The van der Waals surface area contributed by atoms with Gasteiger partial charge in [0.2, 0.25) is 5.91 Å². The lowest BCUT2D eigenvalue weighted by Crippen LogP contribution is -2.47. The predicted molar refractivity (Wildman–Crippen MR) is 70.0 cm³/mol. The molecule has 1 saturated heterocycles. The maximum absolute atomic E-state index is 12.2. The highest BCUT2D eigenvalue weighted by Gasteiger charge is 2.23. The van der Waals surface area contributed by atoms with Crippen molar-refractivity contribution in [3.63, 3.8) is 0 Å². The third-order valence-electron chi connectivity index (χ3n) is 3.30. The molecule has 98 valence electrons. The van der Waals surface area contributed by atoms with Gasteiger partial charge >= 0.3 is 0 Å². The van der Waals surface area contributed by atoms with E-state index in [0.29, 0.717) is 32.7 Å². The number of nitrogens with two attached hydrogens (primary N) is 1. The fourth-order valence-electron chi connectivity index (χ4n) is 2.17. The van der Waals surface area contributed by atoms with Crippen LogP contribution < -0.4 is 5.73 Å². The minimum Gasteiger partial charge on any atom is -0.377 e. The summed E-state index contributed by atoms with van der Waals surface area (Å²) in [6.45, 7) is 4.53. The van der Waals surface area contributed by atoms with Gasteiger partial charge in [-0.15, -0.1) is 0 Å². The Hall–Kier alpha value is -1.39. The van der Waals surface area contributed by atoms with Crippen LogP contribution in [-0.4, -0.2) is 36.6 Å². The Morgan fingerprint density at radius 3 is 2.67 bits per heavy atom. The summed E-state index contributed by atoms with van der Waals surface area (Å²) >= 11 is 0. The largest absolute Gasteiger partial charge is 0.377 e. The van der Waals surface area contributed by atoms with Gasteiger partial charge < -0.3 is 15.4 Å². The van der Waals surface area contributed by atoms with Gasteiger partial charge in [0.25, 0.3) is 0 Å². The highest BCUT2D eigenvalue weighted by Crippen LogP contribution is 2.11. The maximum atomic E-state index is 12.2. The van der Waals surface area contributed by atoms with Gasteiger partial charge in [-0.3, -0.25) is 4.79 Å². The molecule has 0 spiro atoms. The number of carbonyl (C=O) groups is 1. The van der Waals surface area contributed by atoms with Gasteiger partial charge in [0.1, 0.15) is 0 Å². The molecule has 1 aromatic rings. The van der Waals surface area contributed by atoms with Crippen molar-refractivity contribution in [2.24, 2.45) is 5.73 Å². The summed E-state index contributed by atoms with van der Waals surface area (Å²) in [6, 6.07) is 8.09. The first-order valence-electron chi connectivity index (χ1n) is 6.36. The van der Waals surface area contributed by atoms with Gasteiger partial charge in [0.15, 0.2) is 0 Å². The van der Waals surface area contributed by atoms with Gasteiger partial charge in [0, 0.05) is 13.1 Å². The molecule has 0 radical (unpaired) electrons. The molecule has 0 aromatic heterocycles. The molecule has 1 aromatic carbocycles. The number of carbonyl (C=O) groups excluding carboxylic acids is 1. The number of amides is 1. The van der Waals surface area contributed by atoms with Gasteiger partial charge in [0.05, 0.1) is 25.7 Å². The summed E-state index contributed by atoms with van der Waals surface area (Å²) < 4.78 is 5.33. The third kappa shape index (κ3) is 3.09. The molecule has 4 nitrogen and oxygen atoms in total. The van der Waals surface area contributed by atoms with Crippen molar-refractivity contribution in [3.05, 3.63) is 35.4 Å². The molecular formula is C14H20N2O2. The number of hydrogen-bond donors (Lipinski definition) is 1. The molecule has 2 N–H and O–H groups in total. The van der Waals surface area contributed by atoms with Crippen LogP contribution in [0.3, 0.4) is 0 Å². The highest BCUT2D eigenvalue weighted by molar-refractivity contribution is 5.79. The van der Waals surface area contributed by atoms with Gasteiger partial charge in [-0.2, -0.15) is 0 Å². The maximum Gasteiger partial charge on any atom is 0.227 e. The molecule has 1 fully saturated rings. The predicted octanol–water partition coefficient (Wildman–Crippen LogP) is 0.935. The molecule has 1 aliphatic rings. The van der Waals surface area contributed by atoms with E-state index in [1.54, 1.807) is 0 Å². The van der Waals surface area contributed by atoms with E-state index in [9.17, 15) is 4.79 Å². The number of benzene rings is 1. The number of ether oxygens (including phenoxy) is 1. The van der Waals surface area contributed by atoms with Crippen LogP contribution in [0.1, 0.15) is 18.1 Å². The molecule has 1 amide bonds. The van der Waals surface area contributed by atoms with Crippen molar-refractivity contribution in [2.45, 2.75) is 25.9 Å². The summed E-state index contributed by atoms with van der Waals surface area (Å²) in [6.07, 6.45) is 0.454. The monoisotopic (exact) mass is 248 g/mol. The fraction of sp³-hybridized carbons (Fsp3) is 0.500. The van der Waals surface area contributed by atoms with E-state index >= 15 is 0 Å². The zero-order valence-corrected chi connectivity index (χ0v) is 10.8. The number of rotatable bonds is 3. The van der Waals surface area contributed by atoms with E-state index in [4.69, 9.17) is 10.5 Å². The molecular weight excluding hydrogens is 228 g/mol. The summed E-state index contributed by atoms with van der Waals surface area (Å²) in [4.78, 5) is 14.1. The molecule has 1 atom stereocenters. The molecule has 0 bridgehead atoms. The van der Waals surface area contributed by atoms with Crippen LogP contribution in [0.25, 0.3) is 0 Å². The van der Waals surface area contributed by atoms with Crippen molar-refractivity contribution < 1.29 is 9.53 Å². The van der Waals surface area contributed by atoms with Gasteiger partial charge in [-0.1, -0.05) is 24.3 Å². The lowest BCUT2D eigenvalue weighted by Gasteiger charge is -2.33. The molecule has 0 saturated carbocycles. The molecule has 18 heavy (non-hydrogen) atoms. The Kier molecular flexibility index (Phi) is 4.33. The summed E-state index contributed by atoms with van der Waals surface area (Å²) in [5.41, 5.74) is 7.67. The first-order valence-corrected chi connectivity index (χ1v) is 6.36. The van der Waals surface area contributed by atoms with E-state index in [-0.39, 0.29) is 11.9 Å². The standard InChI is InChI=1S/C14H20N2O2/c1-11-10-18-7-6-16(11)14(17)8-12-2-4-13(9-15)5-3-12/h2-5,11H,6-10,15H2,1H3. The van der Waals surface area contributed by atoms with Gasteiger partial charge in [-0.25, -0.2) is 0 Å². The fourth-order valence-corrected chi connectivity index (χ4v) is 2.17. The molecule has 1 heterocycles. The minimum atomic E-state index is 0.172. The van der Waals surface area contributed by atoms with Crippen LogP contribution in [0, 0.1) is 0 Å². The highest BCUT2D eigenvalue weighted by atomic mass is 16.5. The second-order valence-electron chi connectivity index (χ2n) is 4.71. The Balaban J connectivity index is 1.97. The Morgan fingerprint density at radius 1 is 1.39 bits per heavy atom. The first kappa shape index (κ1) is 13.1. The summed E-state index contributed by atoms with van der Waals surface area (Å²) in [7, 11) is 0. The van der Waals surface area contributed by atoms with Crippen molar-refractivity contribution in [1.82, 2.24) is 4.90 Å². The van der Waals surface area contributed by atoms with Crippen LogP contribution in [0.2, 0.25) is 0 Å². The van der Waals surface area contributed by atoms with Gasteiger partial charge in [-0.05, 0) is 18.1 Å². The number of morpholine rings is 1. The van der Waals surface area contributed by atoms with Crippen molar-refractivity contribution in [1.29, 1.82) is 0 Å². The van der Waals surface area contributed by atoms with Crippen LogP contribution in [0.15, 0.2) is 24.3 Å². The first-order chi connectivity index (χ1) is 8.70. The zero-order chi connectivity index (χ0) is 13.0. The Bertz CT molecular complexity index is 403. The van der Waals surface area contributed by atoms with E-state index in [1.165, 1.54) is 0 Å². The van der Waals surface area contributed by atoms with E-state index in [1.807, 2.05) is 36.1 Å². The smallest absolute Gasteiger partial charge is 0.227 e. The topological polar surface area (TPSA) is 55.6 Å². The van der Waals surface area contributed by atoms with E-state index < -0.39 is 0 Å². The van der Waals surface area contributed by atoms with Crippen LogP contribution >= 0.6 is 0 Å². The number of hydrogen-bond acceptors (Lipinski definition) is 3. The molecule has 4 heteroatoms. The molecule has 2 rings (SSSR count). The quantitative estimate of drug-likeness (QED) is 0.866. The average molecular weight is 248 g/mol. The Morgan fingerprint density at radius 2 is 2.06 bits per heavy atom. The number of nitrogens with zero attached hydrogens (tertiary/aromatic N) is 1. The summed E-state index contributed by atoms with van der Waals surface area (Å²) in [5.74, 6) is 0.172. The molecule has 0 aliphatic carbocycles. The summed E-state index contributed by atoms with van der Waals surface area (Å²) in [5, 5.41) is 0. The van der Waals surface area contributed by atoms with Crippen molar-refractivity contribution >= 4 is 5.91 Å². The minimum absolute atomic E-state index is 0.172. The Labute approximate surface area is 108 Å². The molecule has 1 aliphatic heterocycles. The van der Waals surface area contributed by atoms with Crippen LogP contribution in [0.4, 0.5) is 0 Å². The normalized spacial score (nSPS) is 19.9. The van der Waals surface area contributed by atoms with E-state index in [2.05, 4.69) is 0 Å². The average Bonchev–Trinajstić information content (AvgIpc) is 2.40. The second kappa shape index (κ2) is 5.98. The lowest BCUT2D eigenvalue weighted by molar-refractivity contribution is -0.138. The second-order valence-corrected chi connectivity index (χ2v) is 4.71. The molecule has 1 unspecified atom stereocenters. The zero-order valence-electron chi connectivity index (χ0n) is 10.8. The SMILES string of the molecule is CC1COCCN1C(=O)Cc1ccc(CN)cc1. The van der Waals surface area contributed by atoms with Crippen LogP contribution in [0.5, 0.6) is 0 Å². The van der Waals surface area contributed by atoms with Crippen LogP contribution in [-0.2, 0) is 22.5 Å².